The molecule has 0 unspecified atom stereocenters. The summed E-state index contributed by atoms with van der Waals surface area (Å²) >= 11 is 0. The third kappa shape index (κ3) is 3.37. The standard InChI is InChI=1S/C18H30/c1-13(2)14-11-9-10-12-15(14)16(17(3,4)5)18(6,7)8/h9-13,16H,1-8H3. The Balaban J connectivity index is 3.40. The maximum absolute atomic E-state index is 2.36. The fraction of sp³-hybridized carbons (Fsp3) is 0.667. The summed E-state index contributed by atoms with van der Waals surface area (Å²) in [4.78, 5) is 0. The minimum absolute atomic E-state index is 0.281. The van der Waals surface area contributed by atoms with Gasteiger partial charge in [0.15, 0.2) is 0 Å². The predicted molar refractivity (Wildman–Crippen MR) is 82.2 cm³/mol. The molecule has 0 aliphatic carbocycles. The van der Waals surface area contributed by atoms with Gasteiger partial charge in [0.1, 0.15) is 0 Å². The average Bonchev–Trinajstić information content (AvgIpc) is 2.13. The first-order valence-corrected chi connectivity index (χ1v) is 7.14. The van der Waals surface area contributed by atoms with E-state index >= 15 is 0 Å². The molecule has 0 saturated carbocycles. The van der Waals surface area contributed by atoms with Crippen molar-refractivity contribution in [1.82, 2.24) is 0 Å². The number of rotatable bonds is 2. The highest BCUT2D eigenvalue weighted by Gasteiger charge is 2.37. The Morgan fingerprint density at radius 2 is 1.11 bits per heavy atom. The second kappa shape index (κ2) is 5.07. The van der Waals surface area contributed by atoms with E-state index in [1.807, 2.05) is 0 Å². The van der Waals surface area contributed by atoms with Gasteiger partial charge < -0.3 is 0 Å². The number of hydrogen-bond donors (Lipinski definition) is 0. The van der Waals surface area contributed by atoms with Gasteiger partial charge in [0, 0.05) is 0 Å². The number of hydrogen-bond acceptors (Lipinski definition) is 0. The summed E-state index contributed by atoms with van der Waals surface area (Å²) in [5.41, 5.74) is 3.60. The minimum atomic E-state index is 0.281. The second-order valence-electron chi connectivity index (χ2n) is 7.95. The van der Waals surface area contributed by atoms with E-state index in [2.05, 4.69) is 79.7 Å². The van der Waals surface area contributed by atoms with Crippen molar-refractivity contribution >= 4 is 0 Å². The van der Waals surface area contributed by atoms with Gasteiger partial charge in [0.25, 0.3) is 0 Å². The molecule has 0 bridgehead atoms. The fourth-order valence-electron chi connectivity index (χ4n) is 3.53. The first kappa shape index (κ1) is 15.3. The lowest BCUT2D eigenvalue weighted by atomic mass is 9.62. The van der Waals surface area contributed by atoms with Crippen LogP contribution in [-0.4, -0.2) is 0 Å². The highest BCUT2D eigenvalue weighted by atomic mass is 14.4. The van der Waals surface area contributed by atoms with Crippen molar-refractivity contribution in [3.63, 3.8) is 0 Å². The van der Waals surface area contributed by atoms with Crippen molar-refractivity contribution in [1.29, 1.82) is 0 Å². The van der Waals surface area contributed by atoms with E-state index < -0.39 is 0 Å². The van der Waals surface area contributed by atoms with Gasteiger partial charge in [0.05, 0.1) is 0 Å². The van der Waals surface area contributed by atoms with Crippen LogP contribution in [0.5, 0.6) is 0 Å². The van der Waals surface area contributed by atoms with Crippen molar-refractivity contribution in [2.75, 3.05) is 0 Å². The third-order valence-corrected chi connectivity index (χ3v) is 3.66. The van der Waals surface area contributed by atoms with Crippen LogP contribution in [0.2, 0.25) is 0 Å². The molecule has 0 aromatic heterocycles. The van der Waals surface area contributed by atoms with Crippen LogP contribution in [0.15, 0.2) is 24.3 Å². The molecule has 0 fully saturated rings. The van der Waals surface area contributed by atoms with Crippen LogP contribution in [-0.2, 0) is 0 Å². The predicted octanol–water partition coefficient (Wildman–Crippen LogP) is 5.99. The molecule has 1 rings (SSSR count). The highest BCUT2D eigenvalue weighted by molar-refractivity contribution is 5.35. The SMILES string of the molecule is CC(C)c1ccccc1C(C(C)(C)C)C(C)(C)C. The van der Waals surface area contributed by atoms with Crippen LogP contribution in [0.1, 0.15) is 78.4 Å². The van der Waals surface area contributed by atoms with Gasteiger partial charge in [-0.15, -0.1) is 0 Å². The van der Waals surface area contributed by atoms with Crippen molar-refractivity contribution in [3.8, 4) is 0 Å². The maximum atomic E-state index is 2.36. The summed E-state index contributed by atoms with van der Waals surface area (Å²) in [5, 5.41) is 0. The molecular formula is C18H30. The topological polar surface area (TPSA) is 0 Å². The molecule has 0 aliphatic heterocycles. The van der Waals surface area contributed by atoms with Crippen molar-refractivity contribution in [2.45, 2.75) is 67.2 Å². The molecule has 102 valence electrons. The molecule has 0 spiro atoms. The van der Waals surface area contributed by atoms with Crippen LogP contribution in [0.3, 0.4) is 0 Å². The largest absolute Gasteiger partial charge is 0.0620 e. The molecule has 0 radical (unpaired) electrons. The van der Waals surface area contributed by atoms with Gasteiger partial charge in [-0.05, 0) is 33.8 Å². The molecule has 0 aliphatic rings. The molecule has 18 heavy (non-hydrogen) atoms. The summed E-state index contributed by atoms with van der Waals surface area (Å²) in [5.74, 6) is 1.16. The van der Waals surface area contributed by atoms with Gasteiger partial charge in [0.2, 0.25) is 0 Å². The zero-order chi connectivity index (χ0) is 14.1. The normalized spacial score (nSPS) is 13.4. The smallest absolute Gasteiger partial charge is 0.00617 e. The van der Waals surface area contributed by atoms with E-state index in [4.69, 9.17) is 0 Å². The second-order valence-corrected chi connectivity index (χ2v) is 7.95. The van der Waals surface area contributed by atoms with Gasteiger partial charge in [-0.2, -0.15) is 0 Å². The van der Waals surface area contributed by atoms with E-state index in [-0.39, 0.29) is 10.8 Å². The van der Waals surface area contributed by atoms with Crippen molar-refractivity contribution in [2.24, 2.45) is 10.8 Å². The van der Waals surface area contributed by atoms with E-state index in [1.165, 1.54) is 11.1 Å². The van der Waals surface area contributed by atoms with Crippen LogP contribution >= 0.6 is 0 Å². The Kier molecular flexibility index (Phi) is 4.30. The Hall–Kier alpha value is -0.780. The number of benzene rings is 1. The summed E-state index contributed by atoms with van der Waals surface area (Å²) in [6, 6.07) is 8.98. The van der Waals surface area contributed by atoms with Crippen LogP contribution < -0.4 is 0 Å². The van der Waals surface area contributed by atoms with Gasteiger partial charge in [-0.25, -0.2) is 0 Å². The lowest BCUT2D eigenvalue weighted by molar-refractivity contribution is 0.175. The molecule has 1 aromatic rings. The minimum Gasteiger partial charge on any atom is -0.0620 e. The Labute approximate surface area is 114 Å². The zero-order valence-electron chi connectivity index (χ0n) is 13.5. The highest BCUT2D eigenvalue weighted by Crippen LogP contribution is 2.49. The van der Waals surface area contributed by atoms with Crippen LogP contribution in [0.25, 0.3) is 0 Å². The molecule has 0 nitrogen and oxygen atoms in total. The maximum Gasteiger partial charge on any atom is -0.00617 e. The Morgan fingerprint density at radius 3 is 1.44 bits per heavy atom. The molecular weight excluding hydrogens is 216 g/mol. The van der Waals surface area contributed by atoms with Gasteiger partial charge >= 0.3 is 0 Å². The van der Waals surface area contributed by atoms with E-state index in [0.29, 0.717) is 11.8 Å². The van der Waals surface area contributed by atoms with E-state index in [1.54, 1.807) is 0 Å². The monoisotopic (exact) mass is 246 g/mol. The summed E-state index contributed by atoms with van der Waals surface area (Å²) < 4.78 is 0. The van der Waals surface area contributed by atoms with Gasteiger partial charge in [-0.1, -0.05) is 79.7 Å². The lowest BCUT2D eigenvalue weighted by Crippen LogP contribution is -2.31. The van der Waals surface area contributed by atoms with Crippen molar-refractivity contribution in [3.05, 3.63) is 35.4 Å². The van der Waals surface area contributed by atoms with E-state index in [0.717, 1.165) is 0 Å². The average molecular weight is 246 g/mol. The quantitative estimate of drug-likeness (QED) is 0.601. The van der Waals surface area contributed by atoms with Crippen LogP contribution in [0, 0.1) is 10.8 Å². The summed E-state index contributed by atoms with van der Waals surface area (Å²) in [6.45, 7) is 18.8. The molecule has 0 atom stereocenters. The molecule has 0 heterocycles. The zero-order valence-corrected chi connectivity index (χ0v) is 13.5. The van der Waals surface area contributed by atoms with E-state index in [9.17, 15) is 0 Å². The molecule has 0 amide bonds. The summed E-state index contributed by atoms with van der Waals surface area (Å²) in [6.07, 6.45) is 0. The fourth-order valence-corrected chi connectivity index (χ4v) is 3.53. The third-order valence-electron chi connectivity index (χ3n) is 3.66. The Bertz CT molecular complexity index is 371. The van der Waals surface area contributed by atoms with Crippen LogP contribution in [0.4, 0.5) is 0 Å². The first-order chi connectivity index (χ1) is 8.05. The summed E-state index contributed by atoms with van der Waals surface area (Å²) in [7, 11) is 0. The molecule has 0 N–H and O–H groups in total. The Morgan fingerprint density at radius 1 is 0.722 bits per heavy atom. The first-order valence-electron chi connectivity index (χ1n) is 7.14. The van der Waals surface area contributed by atoms with Gasteiger partial charge in [-0.3, -0.25) is 0 Å². The molecule has 1 aromatic carbocycles. The lowest BCUT2D eigenvalue weighted by Gasteiger charge is -2.42. The molecule has 0 heteroatoms. The van der Waals surface area contributed by atoms with Crippen molar-refractivity contribution < 1.29 is 0 Å². The molecule has 0 saturated heterocycles.